The summed E-state index contributed by atoms with van der Waals surface area (Å²) in [5, 5.41) is 5.34. The predicted molar refractivity (Wildman–Crippen MR) is 196 cm³/mol. The van der Waals surface area contributed by atoms with Crippen LogP contribution < -0.4 is 20.2 Å². The first-order valence-electron chi connectivity index (χ1n) is 17.0. The molecule has 2 aliphatic heterocycles. The Bertz CT molecular complexity index is 1950. The first-order chi connectivity index (χ1) is 24.3. The Labute approximate surface area is 301 Å². The maximum Gasteiger partial charge on any atom is 0.350 e. The second-order valence-corrected chi connectivity index (χ2v) is 13.6. The molecule has 12 heteroatoms. The van der Waals surface area contributed by atoms with E-state index in [0.717, 1.165) is 66.5 Å². The number of hydrogen-bond acceptors (Lipinski definition) is 8. The van der Waals surface area contributed by atoms with Crippen molar-refractivity contribution in [3.63, 3.8) is 0 Å². The normalized spacial score (nSPS) is 19.9. The molecule has 5 aromatic rings. The van der Waals surface area contributed by atoms with Gasteiger partial charge in [0.1, 0.15) is 24.8 Å². The van der Waals surface area contributed by atoms with E-state index in [1.165, 1.54) is 0 Å². The van der Waals surface area contributed by atoms with Crippen LogP contribution in [0.2, 0.25) is 10.0 Å². The highest BCUT2D eigenvalue weighted by Crippen LogP contribution is 2.41. The van der Waals surface area contributed by atoms with Crippen LogP contribution in [0.4, 0.5) is 11.4 Å². The fourth-order valence-corrected chi connectivity index (χ4v) is 7.05. The molecule has 3 aromatic carbocycles. The number of pyridine rings is 1. The first kappa shape index (κ1) is 34.1. The molecule has 7 rings (SSSR count). The molecule has 0 amide bonds. The van der Waals surface area contributed by atoms with Gasteiger partial charge in [-0.15, -0.1) is 0 Å². The van der Waals surface area contributed by atoms with Crippen molar-refractivity contribution >= 4 is 34.6 Å². The highest BCUT2D eigenvalue weighted by molar-refractivity contribution is 6.35. The zero-order valence-corrected chi connectivity index (χ0v) is 29.6. The Kier molecular flexibility index (Phi) is 10.1. The number of benzene rings is 3. The van der Waals surface area contributed by atoms with Gasteiger partial charge in [-0.3, -0.25) is 4.98 Å². The van der Waals surface area contributed by atoms with Gasteiger partial charge in [0.15, 0.2) is 0 Å². The van der Waals surface area contributed by atoms with Gasteiger partial charge in [0.2, 0.25) is 5.79 Å². The number of anilines is 2. The summed E-state index contributed by atoms with van der Waals surface area (Å²) >= 11 is 12.8. The van der Waals surface area contributed by atoms with Crippen molar-refractivity contribution < 1.29 is 14.2 Å². The molecule has 0 N–H and O–H groups in total. The summed E-state index contributed by atoms with van der Waals surface area (Å²) in [4.78, 5) is 21.7. The second-order valence-electron chi connectivity index (χ2n) is 12.7. The average Bonchev–Trinajstić information content (AvgIpc) is 3.74. The SMILES string of the molecule is CCC(C)n1ncn(-c2ccc(N3CCN(c4ccc(OCC5COC(Cc6ccncc6)(c6ccc(Cl)cc6Cl)O5)cc4)CC3)cc2)c1=O. The van der Waals surface area contributed by atoms with E-state index in [0.29, 0.717) is 29.7 Å². The third kappa shape index (κ3) is 7.25. The lowest BCUT2D eigenvalue weighted by atomic mass is 9.98. The molecular formula is C38H40Cl2N6O4. The molecule has 0 bridgehead atoms. The molecule has 2 aromatic heterocycles. The van der Waals surface area contributed by atoms with Crippen molar-refractivity contribution in [2.24, 2.45) is 0 Å². The van der Waals surface area contributed by atoms with E-state index in [2.05, 4.69) is 51.1 Å². The highest BCUT2D eigenvalue weighted by atomic mass is 35.5. The van der Waals surface area contributed by atoms with E-state index in [-0.39, 0.29) is 17.8 Å². The minimum atomic E-state index is -1.07. The van der Waals surface area contributed by atoms with E-state index < -0.39 is 5.79 Å². The average molecular weight is 716 g/mol. The van der Waals surface area contributed by atoms with Gasteiger partial charge < -0.3 is 24.0 Å². The molecule has 4 heterocycles. The van der Waals surface area contributed by atoms with E-state index in [4.69, 9.17) is 37.4 Å². The molecule has 0 spiro atoms. The summed E-state index contributed by atoms with van der Waals surface area (Å²) in [5.41, 5.74) is 4.74. The minimum absolute atomic E-state index is 0.0660. The summed E-state index contributed by atoms with van der Waals surface area (Å²) in [7, 11) is 0. The van der Waals surface area contributed by atoms with E-state index in [9.17, 15) is 4.79 Å². The fourth-order valence-electron chi connectivity index (χ4n) is 6.50. The zero-order valence-electron chi connectivity index (χ0n) is 28.1. The third-order valence-corrected chi connectivity index (χ3v) is 10.0. The van der Waals surface area contributed by atoms with Crippen LogP contribution in [0.1, 0.15) is 37.4 Å². The molecule has 0 saturated carbocycles. The summed E-state index contributed by atoms with van der Waals surface area (Å²) in [5.74, 6) is -0.303. The van der Waals surface area contributed by atoms with Crippen LogP contribution in [0.15, 0.2) is 102 Å². The Morgan fingerprint density at radius 3 is 2.18 bits per heavy atom. The maximum absolute atomic E-state index is 12.8. The monoisotopic (exact) mass is 714 g/mol. The molecule has 3 unspecified atom stereocenters. The van der Waals surface area contributed by atoms with Gasteiger partial charge in [0, 0.05) is 67.0 Å². The highest BCUT2D eigenvalue weighted by Gasteiger charge is 2.45. The number of rotatable bonds is 11. The molecule has 3 atom stereocenters. The Hall–Kier alpha value is -4.35. The number of piperazine rings is 1. The molecule has 2 fully saturated rings. The summed E-state index contributed by atoms with van der Waals surface area (Å²) in [6, 6.07) is 25.7. The lowest BCUT2D eigenvalue weighted by molar-refractivity contribution is -0.178. The topological polar surface area (TPSA) is 86.9 Å². The molecular weight excluding hydrogens is 675 g/mol. The Morgan fingerprint density at radius 1 is 0.900 bits per heavy atom. The standard InChI is InChI=1S/C38H40Cl2N6O4/c1-3-27(2)46-37(47)45(26-42-46)32-7-5-30(6-8-32)43-18-20-44(21-19-43)31-9-11-33(12-10-31)48-24-34-25-49-38(50-34,23-28-14-16-41-17-15-28)35-13-4-29(39)22-36(35)40/h4-17,22,26-27,34H,3,18-21,23-25H2,1-2H3. The van der Waals surface area contributed by atoms with Gasteiger partial charge in [0.25, 0.3) is 0 Å². The number of nitrogens with zero attached hydrogens (tertiary/aromatic N) is 6. The largest absolute Gasteiger partial charge is 0.491 e. The minimum Gasteiger partial charge on any atom is -0.491 e. The van der Waals surface area contributed by atoms with Crippen LogP contribution in [0.5, 0.6) is 5.75 Å². The quantitative estimate of drug-likeness (QED) is 0.146. The van der Waals surface area contributed by atoms with Crippen molar-refractivity contribution in [2.75, 3.05) is 49.2 Å². The van der Waals surface area contributed by atoms with Gasteiger partial charge >= 0.3 is 5.69 Å². The molecule has 260 valence electrons. The lowest BCUT2D eigenvalue weighted by Gasteiger charge is -2.37. The van der Waals surface area contributed by atoms with Crippen LogP contribution >= 0.6 is 23.2 Å². The predicted octanol–water partition coefficient (Wildman–Crippen LogP) is 6.92. The van der Waals surface area contributed by atoms with Gasteiger partial charge in [-0.2, -0.15) is 5.10 Å². The van der Waals surface area contributed by atoms with Crippen LogP contribution in [0, 0.1) is 0 Å². The molecule has 0 aliphatic carbocycles. The Balaban J connectivity index is 0.930. The fraction of sp³-hybridized carbons (Fsp3) is 0.342. The number of ether oxygens (including phenoxy) is 3. The second kappa shape index (κ2) is 14.9. The molecule has 2 aliphatic rings. The van der Waals surface area contributed by atoms with E-state index in [1.54, 1.807) is 40.1 Å². The molecule has 2 saturated heterocycles. The molecule has 50 heavy (non-hydrogen) atoms. The zero-order chi connectivity index (χ0) is 34.7. The van der Waals surface area contributed by atoms with E-state index in [1.807, 2.05) is 49.4 Å². The third-order valence-electron chi connectivity index (χ3n) is 9.50. The van der Waals surface area contributed by atoms with Crippen LogP contribution in [-0.2, 0) is 21.7 Å². The van der Waals surface area contributed by atoms with Crippen molar-refractivity contribution in [1.82, 2.24) is 19.3 Å². The van der Waals surface area contributed by atoms with Crippen LogP contribution in [0.25, 0.3) is 5.69 Å². The van der Waals surface area contributed by atoms with Gasteiger partial charge in [-0.25, -0.2) is 14.0 Å². The number of aromatic nitrogens is 4. The molecule has 0 radical (unpaired) electrons. The maximum atomic E-state index is 12.8. The summed E-state index contributed by atoms with van der Waals surface area (Å²) < 4.78 is 22.2. The smallest absolute Gasteiger partial charge is 0.350 e. The van der Waals surface area contributed by atoms with Gasteiger partial charge in [0.05, 0.1) is 23.4 Å². The number of halogens is 2. The van der Waals surface area contributed by atoms with E-state index >= 15 is 0 Å². The van der Waals surface area contributed by atoms with Gasteiger partial charge in [-0.05, 0) is 91.7 Å². The van der Waals surface area contributed by atoms with Crippen molar-refractivity contribution in [1.29, 1.82) is 0 Å². The molecule has 10 nitrogen and oxygen atoms in total. The van der Waals surface area contributed by atoms with Crippen molar-refractivity contribution in [3.05, 3.63) is 129 Å². The lowest BCUT2D eigenvalue weighted by Crippen LogP contribution is -2.46. The summed E-state index contributed by atoms with van der Waals surface area (Å²) in [6.07, 6.45) is 6.12. The van der Waals surface area contributed by atoms with Gasteiger partial charge in [-0.1, -0.05) is 36.2 Å². The van der Waals surface area contributed by atoms with Crippen molar-refractivity contribution in [2.45, 2.75) is 44.6 Å². The number of hydrogen-bond donors (Lipinski definition) is 0. The summed E-state index contributed by atoms with van der Waals surface area (Å²) in [6.45, 7) is 8.30. The van der Waals surface area contributed by atoms with Crippen LogP contribution in [-0.4, -0.2) is 64.8 Å². The Morgan fingerprint density at radius 2 is 1.54 bits per heavy atom. The first-order valence-corrected chi connectivity index (χ1v) is 17.7. The van der Waals surface area contributed by atoms with Crippen LogP contribution in [0.3, 0.4) is 0 Å². The van der Waals surface area contributed by atoms with Crippen molar-refractivity contribution in [3.8, 4) is 11.4 Å².